The van der Waals surface area contributed by atoms with Crippen LogP contribution in [0, 0.1) is 0 Å². The number of aryl methyl sites for hydroxylation is 2. The quantitative estimate of drug-likeness (QED) is 0.828. The van der Waals surface area contributed by atoms with Crippen LogP contribution in [-0.4, -0.2) is 10.2 Å². The van der Waals surface area contributed by atoms with Gasteiger partial charge in [-0.05, 0) is 36.1 Å². The van der Waals surface area contributed by atoms with E-state index >= 15 is 0 Å². The number of aromatic hydroxyl groups is 2. The maximum atomic E-state index is 10.2. The smallest absolute Gasteiger partial charge is 0.123 e. The van der Waals surface area contributed by atoms with E-state index in [1.54, 1.807) is 12.1 Å². The van der Waals surface area contributed by atoms with Crippen molar-refractivity contribution < 1.29 is 10.2 Å². The van der Waals surface area contributed by atoms with Gasteiger partial charge in [-0.1, -0.05) is 51.0 Å². The van der Waals surface area contributed by atoms with Gasteiger partial charge in [0, 0.05) is 11.1 Å². The summed E-state index contributed by atoms with van der Waals surface area (Å²) in [5, 5.41) is 20.3. The van der Waals surface area contributed by atoms with Crippen molar-refractivity contribution in [2.75, 3.05) is 0 Å². The average molecular weight is 270 g/mol. The molecule has 0 heterocycles. The van der Waals surface area contributed by atoms with E-state index in [0.29, 0.717) is 11.1 Å². The molecule has 0 aromatic heterocycles. The van der Waals surface area contributed by atoms with Gasteiger partial charge in [-0.15, -0.1) is 0 Å². The van der Waals surface area contributed by atoms with Crippen LogP contribution in [0.25, 0.3) is 11.1 Å². The van der Waals surface area contributed by atoms with Crippen molar-refractivity contribution in [3.05, 3.63) is 47.5 Å². The van der Waals surface area contributed by atoms with Gasteiger partial charge in [0.1, 0.15) is 11.5 Å². The zero-order valence-electron chi connectivity index (χ0n) is 12.2. The molecule has 2 heteroatoms. The lowest BCUT2D eigenvalue weighted by atomic mass is 9.98. The summed E-state index contributed by atoms with van der Waals surface area (Å²) < 4.78 is 0. The van der Waals surface area contributed by atoms with Crippen LogP contribution in [0.2, 0.25) is 0 Å². The highest BCUT2D eigenvalue weighted by molar-refractivity contribution is 5.75. The second kappa shape index (κ2) is 6.47. The third kappa shape index (κ3) is 3.13. The summed E-state index contributed by atoms with van der Waals surface area (Å²) >= 11 is 0. The molecule has 0 amide bonds. The summed E-state index contributed by atoms with van der Waals surface area (Å²) in [6.07, 6.45) is 4.01. The molecular weight excluding hydrogens is 248 g/mol. The van der Waals surface area contributed by atoms with Crippen molar-refractivity contribution in [3.8, 4) is 22.6 Å². The third-order valence-corrected chi connectivity index (χ3v) is 3.49. The number of hydrogen-bond donors (Lipinski definition) is 2. The van der Waals surface area contributed by atoms with Crippen molar-refractivity contribution in [2.24, 2.45) is 0 Å². The molecule has 106 valence electrons. The van der Waals surface area contributed by atoms with Crippen molar-refractivity contribution in [3.63, 3.8) is 0 Å². The average Bonchev–Trinajstić information content (AvgIpc) is 2.41. The topological polar surface area (TPSA) is 40.5 Å². The van der Waals surface area contributed by atoms with Gasteiger partial charge in [-0.3, -0.25) is 0 Å². The Morgan fingerprint density at radius 2 is 1.10 bits per heavy atom. The van der Waals surface area contributed by atoms with Crippen LogP contribution in [0.4, 0.5) is 0 Å². The molecule has 0 atom stereocenters. The van der Waals surface area contributed by atoms with Crippen molar-refractivity contribution in [1.29, 1.82) is 0 Å². The lowest BCUT2D eigenvalue weighted by molar-refractivity contribution is 0.468. The van der Waals surface area contributed by atoms with Crippen LogP contribution >= 0.6 is 0 Å². The van der Waals surface area contributed by atoms with Crippen molar-refractivity contribution in [1.82, 2.24) is 0 Å². The highest BCUT2D eigenvalue weighted by Crippen LogP contribution is 2.36. The van der Waals surface area contributed by atoms with Crippen molar-refractivity contribution >= 4 is 0 Å². The Morgan fingerprint density at radius 1 is 0.700 bits per heavy atom. The molecule has 2 nitrogen and oxygen atoms in total. The summed E-state index contributed by atoms with van der Waals surface area (Å²) in [5.74, 6) is 0.462. The fourth-order valence-corrected chi connectivity index (χ4v) is 2.50. The monoisotopic (exact) mass is 270 g/mol. The summed E-state index contributed by atoms with van der Waals surface area (Å²) in [5.41, 5.74) is 3.61. The Bertz CT molecular complexity index is 534. The molecule has 0 aliphatic carbocycles. The second-order valence-electron chi connectivity index (χ2n) is 5.20. The Balaban J connectivity index is 2.36. The van der Waals surface area contributed by atoms with Crippen LogP contribution in [0.5, 0.6) is 11.5 Å². The van der Waals surface area contributed by atoms with Gasteiger partial charge in [0.25, 0.3) is 0 Å². The van der Waals surface area contributed by atoms with E-state index in [9.17, 15) is 10.2 Å². The maximum Gasteiger partial charge on any atom is 0.123 e. The lowest BCUT2D eigenvalue weighted by Gasteiger charge is -2.10. The van der Waals surface area contributed by atoms with E-state index < -0.39 is 0 Å². The van der Waals surface area contributed by atoms with E-state index in [4.69, 9.17) is 0 Å². The van der Waals surface area contributed by atoms with E-state index in [1.165, 1.54) is 0 Å². The molecule has 20 heavy (non-hydrogen) atoms. The van der Waals surface area contributed by atoms with Gasteiger partial charge in [0.05, 0.1) is 0 Å². The van der Waals surface area contributed by atoms with Crippen LogP contribution in [0.3, 0.4) is 0 Å². The van der Waals surface area contributed by atoms with E-state index in [-0.39, 0.29) is 11.5 Å². The zero-order chi connectivity index (χ0) is 14.5. The zero-order valence-corrected chi connectivity index (χ0v) is 12.2. The first-order valence-electron chi connectivity index (χ1n) is 7.29. The number of hydrogen-bond acceptors (Lipinski definition) is 2. The summed E-state index contributed by atoms with van der Waals surface area (Å²) in [6, 6.07) is 11.4. The van der Waals surface area contributed by atoms with Gasteiger partial charge in [0.2, 0.25) is 0 Å². The molecule has 0 saturated heterocycles. The Hall–Kier alpha value is -1.96. The number of rotatable bonds is 5. The van der Waals surface area contributed by atoms with Crippen LogP contribution in [-0.2, 0) is 12.8 Å². The summed E-state index contributed by atoms with van der Waals surface area (Å²) in [4.78, 5) is 0. The highest BCUT2D eigenvalue weighted by Gasteiger charge is 2.10. The largest absolute Gasteiger partial charge is 0.507 e. The first-order chi connectivity index (χ1) is 9.65. The summed E-state index contributed by atoms with van der Waals surface area (Å²) in [7, 11) is 0. The molecule has 2 rings (SSSR count). The van der Waals surface area contributed by atoms with E-state index in [2.05, 4.69) is 13.8 Å². The minimum Gasteiger partial charge on any atom is -0.507 e. The second-order valence-corrected chi connectivity index (χ2v) is 5.20. The Labute approximate surface area is 120 Å². The Morgan fingerprint density at radius 3 is 1.40 bits per heavy atom. The fourth-order valence-electron chi connectivity index (χ4n) is 2.50. The third-order valence-electron chi connectivity index (χ3n) is 3.49. The minimum atomic E-state index is 0.231. The number of benzene rings is 2. The predicted molar refractivity (Wildman–Crippen MR) is 83.2 cm³/mol. The highest BCUT2D eigenvalue weighted by atomic mass is 16.3. The van der Waals surface area contributed by atoms with Gasteiger partial charge in [0.15, 0.2) is 0 Å². The molecule has 0 aliphatic heterocycles. The molecule has 2 aromatic carbocycles. The van der Waals surface area contributed by atoms with Gasteiger partial charge in [-0.2, -0.15) is 0 Å². The van der Waals surface area contributed by atoms with Crippen LogP contribution in [0.1, 0.15) is 37.8 Å². The van der Waals surface area contributed by atoms with Gasteiger partial charge >= 0.3 is 0 Å². The van der Waals surface area contributed by atoms with Crippen molar-refractivity contribution in [2.45, 2.75) is 39.5 Å². The molecule has 0 aliphatic rings. The molecular formula is C18H22O2. The molecule has 0 saturated carbocycles. The fraction of sp³-hybridized carbons (Fsp3) is 0.333. The molecule has 2 N–H and O–H groups in total. The van der Waals surface area contributed by atoms with E-state index in [1.807, 2.05) is 24.3 Å². The first kappa shape index (κ1) is 14.4. The maximum absolute atomic E-state index is 10.2. The van der Waals surface area contributed by atoms with E-state index in [0.717, 1.165) is 36.8 Å². The molecule has 0 unspecified atom stereocenters. The van der Waals surface area contributed by atoms with Crippen LogP contribution in [0.15, 0.2) is 36.4 Å². The van der Waals surface area contributed by atoms with Crippen LogP contribution < -0.4 is 0 Å². The first-order valence-corrected chi connectivity index (χ1v) is 7.29. The molecule has 2 aromatic rings. The Kier molecular flexibility index (Phi) is 4.67. The molecule has 0 radical (unpaired) electrons. The predicted octanol–water partition coefficient (Wildman–Crippen LogP) is 4.67. The van der Waals surface area contributed by atoms with Gasteiger partial charge in [-0.25, -0.2) is 0 Å². The lowest BCUT2D eigenvalue weighted by Crippen LogP contribution is -1.88. The normalized spacial score (nSPS) is 10.7. The standard InChI is InChI=1S/C18H22O2/c1-3-5-13-7-9-15(17(19)11-13)16-10-8-14(6-4-2)12-18(16)20/h7-12,19-20H,3-6H2,1-2H3. The number of phenolic OH excluding ortho intramolecular Hbond substituents is 2. The molecule has 0 fully saturated rings. The number of phenols is 2. The minimum absolute atomic E-state index is 0.231. The van der Waals surface area contributed by atoms with Gasteiger partial charge < -0.3 is 10.2 Å². The molecule has 0 spiro atoms. The molecule has 0 bridgehead atoms. The SMILES string of the molecule is CCCc1ccc(-c2ccc(CCC)cc2O)c(O)c1. The summed E-state index contributed by atoms with van der Waals surface area (Å²) in [6.45, 7) is 4.23.